The molecule has 0 unspecified atom stereocenters. The lowest BCUT2D eigenvalue weighted by atomic mass is 10.2. The fourth-order valence-corrected chi connectivity index (χ4v) is 2.60. The summed E-state index contributed by atoms with van der Waals surface area (Å²) in [5, 5.41) is 6.74. The first-order chi connectivity index (χ1) is 12.7. The van der Waals surface area contributed by atoms with Crippen LogP contribution in [0.5, 0.6) is 0 Å². The molecule has 0 fully saturated rings. The fourth-order valence-electron chi connectivity index (χ4n) is 2.60. The van der Waals surface area contributed by atoms with E-state index >= 15 is 0 Å². The van der Waals surface area contributed by atoms with Crippen LogP contribution in [0.3, 0.4) is 0 Å². The van der Waals surface area contributed by atoms with Crippen molar-refractivity contribution in [2.24, 2.45) is 4.99 Å². The number of hydrogen-bond acceptors (Lipinski definition) is 4. The highest BCUT2D eigenvalue weighted by molar-refractivity contribution is 14.0. The number of unbranched alkanes of at least 4 members (excludes halogenated alkanes) is 1. The second kappa shape index (κ2) is 17.1. The zero-order chi connectivity index (χ0) is 19.0. The van der Waals surface area contributed by atoms with Crippen molar-refractivity contribution in [2.45, 2.75) is 26.7 Å². The summed E-state index contributed by atoms with van der Waals surface area (Å²) < 4.78 is 10.4. The number of aryl methyl sites for hydroxylation is 1. The lowest BCUT2D eigenvalue weighted by Gasteiger charge is -2.24. The Morgan fingerprint density at radius 2 is 1.89 bits per heavy atom. The van der Waals surface area contributed by atoms with Crippen LogP contribution in [-0.4, -0.2) is 66.1 Å². The molecule has 0 radical (unpaired) electrons. The third-order valence-electron chi connectivity index (χ3n) is 4.09. The molecule has 0 spiro atoms. The van der Waals surface area contributed by atoms with Gasteiger partial charge in [0.05, 0.1) is 13.2 Å². The average Bonchev–Trinajstić information content (AvgIpc) is 2.65. The Balaban J connectivity index is 0.00000676. The molecule has 0 aliphatic heterocycles. The zero-order valence-electron chi connectivity index (χ0n) is 17.3. The van der Waals surface area contributed by atoms with Gasteiger partial charge in [-0.05, 0) is 44.4 Å². The van der Waals surface area contributed by atoms with Crippen molar-refractivity contribution < 1.29 is 9.47 Å². The molecule has 1 aromatic carbocycles. The molecule has 2 N–H and O–H groups in total. The summed E-state index contributed by atoms with van der Waals surface area (Å²) in [7, 11) is 3.49. The molecule has 0 atom stereocenters. The first kappa shape index (κ1) is 25.9. The van der Waals surface area contributed by atoms with E-state index in [2.05, 4.69) is 58.6 Å². The number of guanidine groups is 1. The second-order valence-corrected chi connectivity index (χ2v) is 6.16. The van der Waals surface area contributed by atoms with E-state index in [1.807, 2.05) is 0 Å². The van der Waals surface area contributed by atoms with Crippen molar-refractivity contribution in [3.05, 3.63) is 29.8 Å². The fraction of sp³-hybridized carbons (Fsp3) is 0.650. The van der Waals surface area contributed by atoms with Crippen molar-refractivity contribution in [3.8, 4) is 0 Å². The smallest absolute Gasteiger partial charge is 0.191 e. The average molecular weight is 492 g/mol. The van der Waals surface area contributed by atoms with Crippen LogP contribution in [0, 0.1) is 6.92 Å². The molecule has 1 rings (SSSR count). The van der Waals surface area contributed by atoms with Gasteiger partial charge in [-0.15, -0.1) is 24.0 Å². The molecule has 0 saturated heterocycles. The molecule has 1 aromatic rings. The molecule has 0 bridgehead atoms. The molecule has 0 aliphatic carbocycles. The van der Waals surface area contributed by atoms with Crippen LogP contribution < -0.4 is 15.5 Å². The molecule has 0 saturated carbocycles. The van der Waals surface area contributed by atoms with Gasteiger partial charge in [0.2, 0.25) is 0 Å². The van der Waals surface area contributed by atoms with Gasteiger partial charge in [0.25, 0.3) is 0 Å². The number of likely N-dealkylation sites (N-methyl/N-ethyl adjacent to an activating group) is 1. The van der Waals surface area contributed by atoms with Gasteiger partial charge in [-0.25, -0.2) is 0 Å². The molecule has 0 aromatic heterocycles. The molecule has 6 nitrogen and oxygen atoms in total. The third-order valence-corrected chi connectivity index (χ3v) is 4.09. The van der Waals surface area contributed by atoms with E-state index in [0.717, 1.165) is 51.6 Å². The number of benzene rings is 1. The number of anilines is 1. The van der Waals surface area contributed by atoms with Gasteiger partial charge in [0.15, 0.2) is 5.96 Å². The molecule has 7 heteroatoms. The quantitative estimate of drug-likeness (QED) is 0.192. The number of nitrogens with zero attached hydrogens (tertiary/aromatic N) is 2. The summed E-state index contributed by atoms with van der Waals surface area (Å²) in [6.45, 7) is 10.1. The van der Waals surface area contributed by atoms with E-state index in [9.17, 15) is 0 Å². The highest BCUT2D eigenvalue weighted by Gasteiger charge is 2.04. The van der Waals surface area contributed by atoms with Crippen molar-refractivity contribution >= 4 is 35.6 Å². The van der Waals surface area contributed by atoms with Gasteiger partial charge in [-0.1, -0.05) is 12.1 Å². The Morgan fingerprint density at radius 3 is 2.56 bits per heavy atom. The van der Waals surface area contributed by atoms with E-state index in [0.29, 0.717) is 13.2 Å². The largest absolute Gasteiger partial charge is 0.382 e. The Morgan fingerprint density at radius 1 is 1.11 bits per heavy atom. The molecule has 27 heavy (non-hydrogen) atoms. The highest BCUT2D eigenvalue weighted by Crippen LogP contribution is 2.14. The number of methoxy groups -OCH3 is 1. The summed E-state index contributed by atoms with van der Waals surface area (Å²) in [6, 6.07) is 8.63. The van der Waals surface area contributed by atoms with Gasteiger partial charge in [-0.3, -0.25) is 4.99 Å². The van der Waals surface area contributed by atoms with Crippen molar-refractivity contribution in [3.63, 3.8) is 0 Å². The molecule has 156 valence electrons. The van der Waals surface area contributed by atoms with Gasteiger partial charge in [0.1, 0.15) is 0 Å². The van der Waals surface area contributed by atoms with Crippen LogP contribution in [0.1, 0.15) is 25.3 Å². The molecule has 0 amide bonds. The number of aliphatic imine (C=N–C) groups is 1. The molecule has 0 heterocycles. The Labute approximate surface area is 182 Å². The lowest BCUT2D eigenvalue weighted by molar-refractivity contribution is 0.0689. The van der Waals surface area contributed by atoms with Crippen molar-refractivity contribution in [1.29, 1.82) is 0 Å². The molecular formula is C20H37IN4O2. The van der Waals surface area contributed by atoms with Gasteiger partial charge in [0, 0.05) is 52.6 Å². The maximum absolute atomic E-state index is 5.46. The predicted octanol–water partition coefficient (Wildman–Crippen LogP) is 3.05. The molecular weight excluding hydrogens is 455 g/mol. The first-order valence-corrected chi connectivity index (χ1v) is 9.54. The molecule has 0 aliphatic rings. The Hall–Kier alpha value is -1.06. The minimum atomic E-state index is 0. The summed E-state index contributed by atoms with van der Waals surface area (Å²) in [4.78, 5) is 6.65. The summed E-state index contributed by atoms with van der Waals surface area (Å²) in [5.41, 5.74) is 2.56. The monoisotopic (exact) mass is 492 g/mol. The Bertz CT molecular complexity index is 515. The van der Waals surface area contributed by atoms with E-state index in [1.54, 1.807) is 14.2 Å². The van der Waals surface area contributed by atoms with Crippen LogP contribution in [-0.2, 0) is 9.47 Å². The van der Waals surface area contributed by atoms with Crippen LogP contribution in [0.15, 0.2) is 29.3 Å². The standard InChI is InChI=1S/C20H36N4O2.HI/c1-5-24(19-10-8-9-18(2)17-19)13-12-23-20(21-3)22-11-6-7-14-26-16-15-25-4;/h8-10,17H,5-7,11-16H2,1-4H3,(H2,21,22,23);1H. The van der Waals surface area contributed by atoms with Gasteiger partial charge < -0.3 is 25.0 Å². The summed E-state index contributed by atoms with van der Waals surface area (Å²) >= 11 is 0. The predicted molar refractivity (Wildman–Crippen MR) is 126 cm³/mol. The minimum absolute atomic E-state index is 0. The summed E-state index contributed by atoms with van der Waals surface area (Å²) in [5.74, 6) is 0.852. The SMILES string of the molecule is CCN(CCNC(=NC)NCCCCOCCOC)c1cccc(C)c1.I. The topological polar surface area (TPSA) is 58.1 Å². The van der Waals surface area contributed by atoms with Crippen LogP contribution in [0.4, 0.5) is 5.69 Å². The number of ether oxygens (including phenoxy) is 2. The van der Waals surface area contributed by atoms with Crippen LogP contribution in [0.2, 0.25) is 0 Å². The normalized spacial score (nSPS) is 11.0. The van der Waals surface area contributed by atoms with Crippen molar-refractivity contribution in [1.82, 2.24) is 10.6 Å². The maximum atomic E-state index is 5.46. The van der Waals surface area contributed by atoms with Crippen molar-refractivity contribution in [2.75, 3.05) is 65.1 Å². The van der Waals surface area contributed by atoms with Gasteiger partial charge in [-0.2, -0.15) is 0 Å². The van der Waals surface area contributed by atoms with E-state index < -0.39 is 0 Å². The number of nitrogens with one attached hydrogen (secondary N) is 2. The lowest BCUT2D eigenvalue weighted by Crippen LogP contribution is -2.42. The first-order valence-electron chi connectivity index (χ1n) is 9.54. The number of halogens is 1. The van der Waals surface area contributed by atoms with E-state index in [1.165, 1.54) is 11.3 Å². The second-order valence-electron chi connectivity index (χ2n) is 6.16. The maximum Gasteiger partial charge on any atom is 0.191 e. The van der Waals surface area contributed by atoms with E-state index in [-0.39, 0.29) is 24.0 Å². The highest BCUT2D eigenvalue weighted by atomic mass is 127. The Kier molecular flexibility index (Phi) is 16.4. The van der Waals surface area contributed by atoms with Gasteiger partial charge >= 0.3 is 0 Å². The van der Waals surface area contributed by atoms with Crippen LogP contribution in [0.25, 0.3) is 0 Å². The van der Waals surface area contributed by atoms with Crippen LogP contribution >= 0.6 is 24.0 Å². The minimum Gasteiger partial charge on any atom is -0.382 e. The third kappa shape index (κ3) is 12.1. The van der Waals surface area contributed by atoms with E-state index in [4.69, 9.17) is 9.47 Å². The summed E-state index contributed by atoms with van der Waals surface area (Å²) in [6.07, 6.45) is 2.09. The zero-order valence-corrected chi connectivity index (χ0v) is 19.6. The number of hydrogen-bond donors (Lipinski definition) is 2. The number of rotatable bonds is 13.